The minimum Gasteiger partial charge on any atom is -0.346 e. The zero-order chi connectivity index (χ0) is 21.3. The first-order chi connectivity index (χ1) is 13.7. The SMILES string of the molecule is CC(=O)c1cc(C(=O)Nc2cc(C(=O)N3CC(C)CC(C)C3)ccc2C)n(C)c1. The van der Waals surface area contributed by atoms with E-state index in [1.165, 1.54) is 6.92 Å². The maximum absolute atomic E-state index is 13.0. The highest BCUT2D eigenvalue weighted by Crippen LogP contribution is 2.24. The van der Waals surface area contributed by atoms with Crippen LogP contribution in [0.15, 0.2) is 30.5 Å². The third-order valence-corrected chi connectivity index (χ3v) is 5.53. The number of nitrogens with zero attached hydrogens (tertiary/aromatic N) is 2. The number of anilines is 1. The predicted molar refractivity (Wildman–Crippen MR) is 113 cm³/mol. The zero-order valence-corrected chi connectivity index (χ0v) is 17.8. The molecule has 3 rings (SSSR count). The average molecular weight is 396 g/mol. The third kappa shape index (κ3) is 4.58. The predicted octanol–water partition coefficient (Wildman–Crippen LogP) is 3.91. The maximum Gasteiger partial charge on any atom is 0.272 e. The van der Waals surface area contributed by atoms with E-state index in [4.69, 9.17) is 0 Å². The number of benzene rings is 1. The quantitative estimate of drug-likeness (QED) is 0.798. The van der Waals surface area contributed by atoms with Crippen molar-refractivity contribution in [1.29, 1.82) is 0 Å². The van der Waals surface area contributed by atoms with Gasteiger partial charge in [-0.15, -0.1) is 0 Å². The van der Waals surface area contributed by atoms with Crippen LogP contribution in [0.1, 0.15) is 64.0 Å². The molecule has 1 N–H and O–H groups in total. The van der Waals surface area contributed by atoms with Gasteiger partial charge >= 0.3 is 0 Å². The molecule has 1 aliphatic rings. The molecule has 2 heterocycles. The molecule has 0 saturated carbocycles. The van der Waals surface area contributed by atoms with Crippen LogP contribution in [0.25, 0.3) is 0 Å². The van der Waals surface area contributed by atoms with E-state index in [0.717, 1.165) is 25.1 Å². The van der Waals surface area contributed by atoms with Crippen LogP contribution in [0.3, 0.4) is 0 Å². The lowest BCUT2D eigenvalue weighted by Gasteiger charge is -2.35. The summed E-state index contributed by atoms with van der Waals surface area (Å²) in [5, 5.41) is 2.89. The van der Waals surface area contributed by atoms with Gasteiger partial charge in [-0.05, 0) is 55.9 Å². The molecule has 1 aliphatic heterocycles. The summed E-state index contributed by atoms with van der Waals surface area (Å²) < 4.78 is 1.63. The highest BCUT2D eigenvalue weighted by molar-refractivity contribution is 6.06. The van der Waals surface area contributed by atoms with Gasteiger partial charge in [-0.2, -0.15) is 0 Å². The smallest absolute Gasteiger partial charge is 0.272 e. The van der Waals surface area contributed by atoms with Crippen LogP contribution in [0, 0.1) is 18.8 Å². The minimum absolute atomic E-state index is 0.00312. The van der Waals surface area contributed by atoms with Gasteiger partial charge in [-0.25, -0.2) is 0 Å². The third-order valence-electron chi connectivity index (χ3n) is 5.53. The monoisotopic (exact) mass is 395 g/mol. The van der Waals surface area contributed by atoms with Gasteiger partial charge in [0.2, 0.25) is 0 Å². The molecule has 2 aromatic rings. The van der Waals surface area contributed by atoms with Gasteiger partial charge in [0, 0.05) is 43.1 Å². The van der Waals surface area contributed by atoms with Crippen molar-refractivity contribution in [3.63, 3.8) is 0 Å². The average Bonchev–Trinajstić information content (AvgIpc) is 3.04. The van der Waals surface area contributed by atoms with Gasteiger partial charge in [0.15, 0.2) is 5.78 Å². The molecule has 6 nitrogen and oxygen atoms in total. The van der Waals surface area contributed by atoms with Gasteiger partial charge < -0.3 is 14.8 Å². The van der Waals surface area contributed by atoms with E-state index in [1.807, 2.05) is 24.0 Å². The van der Waals surface area contributed by atoms with Crippen LogP contribution in [-0.2, 0) is 7.05 Å². The van der Waals surface area contributed by atoms with Crippen LogP contribution >= 0.6 is 0 Å². The van der Waals surface area contributed by atoms with Crippen molar-refractivity contribution >= 4 is 23.3 Å². The number of carbonyl (C=O) groups is 3. The maximum atomic E-state index is 13.0. The number of carbonyl (C=O) groups excluding carboxylic acids is 3. The van der Waals surface area contributed by atoms with Crippen molar-refractivity contribution in [3.8, 4) is 0 Å². The normalized spacial score (nSPS) is 19.1. The van der Waals surface area contributed by atoms with Gasteiger partial charge in [-0.3, -0.25) is 14.4 Å². The first-order valence-corrected chi connectivity index (χ1v) is 10.0. The lowest BCUT2D eigenvalue weighted by molar-refractivity contribution is 0.0623. The Balaban J connectivity index is 1.81. The summed E-state index contributed by atoms with van der Waals surface area (Å²) in [5.74, 6) is 0.568. The van der Waals surface area contributed by atoms with Crippen LogP contribution in [0.4, 0.5) is 5.69 Å². The van der Waals surface area contributed by atoms with E-state index in [2.05, 4.69) is 19.2 Å². The number of rotatable bonds is 4. The largest absolute Gasteiger partial charge is 0.346 e. The number of piperidine rings is 1. The van der Waals surface area contributed by atoms with E-state index in [0.29, 0.717) is 34.3 Å². The Kier molecular flexibility index (Phi) is 5.91. The van der Waals surface area contributed by atoms with Gasteiger partial charge in [0.25, 0.3) is 11.8 Å². The Bertz CT molecular complexity index is 950. The number of nitrogens with one attached hydrogen (secondary N) is 1. The molecule has 0 spiro atoms. The molecule has 1 saturated heterocycles. The second-order valence-corrected chi connectivity index (χ2v) is 8.42. The zero-order valence-electron chi connectivity index (χ0n) is 17.8. The molecule has 2 unspecified atom stereocenters. The molecule has 0 radical (unpaired) electrons. The minimum atomic E-state index is -0.312. The lowest BCUT2D eigenvalue weighted by Crippen LogP contribution is -2.42. The molecular formula is C23H29N3O3. The second-order valence-electron chi connectivity index (χ2n) is 8.42. The van der Waals surface area contributed by atoms with Crippen molar-refractivity contribution in [2.45, 2.75) is 34.1 Å². The number of amides is 2. The Morgan fingerprint density at radius 3 is 2.28 bits per heavy atom. The van der Waals surface area contributed by atoms with Crippen LogP contribution in [0.2, 0.25) is 0 Å². The molecule has 2 atom stereocenters. The number of hydrogen-bond donors (Lipinski definition) is 1. The second kappa shape index (κ2) is 8.23. The molecule has 0 aliphatic carbocycles. The van der Waals surface area contributed by atoms with E-state index >= 15 is 0 Å². The number of Topliss-reactive ketones (excluding diaryl/α,β-unsaturated/α-hetero) is 1. The molecule has 6 heteroatoms. The molecule has 1 aromatic heterocycles. The summed E-state index contributed by atoms with van der Waals surface area (Å²) in [6, 6.07) is 6.99. The molecule has 0 bridgehead atoms. The first kappa shape index (κ1) is 20.8. The van der Waals surface area contributed by atoms with Crippen molar-refractivity contribution < 1.29 is 14.4 Å². The molecule has 1 fully saturated rings. The fourth-order valence-corrected chi connectivity index (χ4v) is 4.07. The van der Waals surface area contributed by atoms with E-state index in [9.17, 15) is 14.4 Å². The number of aromatic nitrogens is 1. The Labute approximate surface area is 171 Å². The molecule has 154 valence electrons. The molecular weight excluding hydrogens is 366 g/mol. The van der Waals surface area contributed by atoms with Crippen molar-refractivity contribution in [2.75, 3.05) is 18.4 Å². The summed E-state index contributed by atoms with van der Waals surface area (Å²) >= 11 is 0. The van der Waals surface area contributed by atoms with Gasteiger partial charge in [0.1, 0.15) is 5.69 Å². The Hall–Kier alpha value is -2.89. The van der Waals surface area contributed by atoms with Gasteiger partial charge in [-0.1, -0.05) is 19.9 Å². The van der Waals surface area contributed by atoms with Gasteiger partial charge in [0.05, 0.1) is 0 Å². The number of ketones is 1. The van der Waals surface area contributed by atoms with E-state index < -0.39 is 0 Å². The van der Waals surface area contributed by atoms with Crippen LogP contribution < -0.4 is 5.32 Å². The number of hydrogen-bond acceptors (Lipinski definition) is 3. The van der Waals surface area contributed by atoms with Crippen LogP contribution in [-0.4, -0.2) is 40.2 Å². The van der Waals surface area contributed by atoms with Crippen molar-refractivity contribution in [2.24, 2.45) is 18.9 Å². The van der Waals surface area contributed by atoms with Crippen molar-refractivity contribution in [1.82, 2.24) is 9.47 Å². The summed E-state index contributed by atoms with van der Waals surface area (Å²) in [7, 11) is 1.73. The molecule has 29 heavy (non-hydrogen) atoms. The topological polar surface area (TPSA) is 71.4 Å². The standard InChI is InChI=1S/C23H29N3O3/c1-14-8-15(2)12-26(11-14)23(29)18-7-6-16(3)20(9-18)24-22(28)21-10-19(17(4)27)13-25(21)5/h6-7,9-10,13-15H,8,11-12H2,1-5H3,(H,24,28). The summed E-state index contributed by atoms with van der Waals surface area (Å²) in [4.78, 5) is 39.3. The molecule has 1 aromatic carbocycles. The number of aryl methyl sites for hydroxylation is 2. The Morgan fingerprint density at radius 1 is 1.03 bits per heavy atom. The first-order valence-electron chi connectivity index (χ1n) is 10.0. The van der Waals surface area contributed by atoms with E-state index in [-0.39, 0.29) is 17.6 Å². The lowest BCUT2D eigenvalue weighted by atomic mass is 9.91. The fourth-order valence-electron chi connectivity index (χ4n) is 4.07. The highest BCUT2D eigenvalue weighted by Gasteiger charge is 2.26. The highest BCUT2D eigenvalue weighted by atomic mass is 16.2. The van der Waals surface area contributed by atoms with Crippen LogP contribution in [0.5, 0.6) is 0 Å². The summed E-state index contributed by atoms with van der Waals surface area (Å²) in [6.07, 6.45) is 2.78. The fraction of sp³-hybridized carbons (Fsp3) is 0.435. The number of likely N-dealkylation sites (tertiary alicyclic amines) is 1. The van der Waals surface area contributed by atoms with Crippen molar-refractivity contribution in [3.05, 3.63) is 52.8 Å². The molecule has 2 amide bonds. The summed E-state index contributed by atoms with van der Waals surface area (Å²) in [5.41, 5.74) is 2.93. The van der Waals surface area contributed by atoms with E-state index in [1.54, 1.807) is 29.9 Å². The summed E-state index contributed by atoms with van der Waals surface area (Å²) in [6.45, 7) is 9.23. The Morgan fingerprint density at radius 2 is 1.69 bits per heavy atom.